The number of likely N-dealkylation sites (N-methyl/N-ethyl adjacent to an activating group) is 1. The van der Waals surface area contributed by atoms with Gasteiger partial charge in [-0.05, 0) is 43.9 Å². The monoisotopic (exact) mass is 445 g/mol. The van der Waals surface area contributed by atoms with E-state index in [2.05, 4.69) is 57.8 Å². The molecule has 1 aliphatic rings. The average molecular weight is 446 g/mol. The number of nitrogens with two attached hydrogens (primary N) is 1. The molecule has 0 radical (unpaired) electrons. The first kappa shape index (κ1) is 20.8. The van der Waals surface area contributed by atoms with Gasteiger partial charge in [-0.2, -0.15) is 5.10 Å². The summed E-state index contributed by atoms with van der Waals surface area (Å²) in [5.74, 6) is 0.907. The smallest absolute Gasteiger partial charge is 0.219 e. The van der Waals surface area contributed by atoms with Gasteiger partial charge in [0.1, 0.15) is 5.01 Å². The third kappa shape index (κ3) is 3.91. The van der Waals surface area contributed by atoms with Crippen molar-refractivity contribution in [3.05, 3.63) is 65.8 Å². The minimum Gasteiger partial charge on any atom is -0.368 e. The van der Waals surface area contributed by atoms with Gasteiger partial charge in [0.15, 0.2) is 0 Å². The molecule has 0 amide bonds. The van der Waals surface area contributed by atoms with Crippen LogP contribution in [0.2, 0.25) is 0 Å². The predicted octanol–water partition coefficient (Wildman–Crippen LogP) is 3.98. The number of aromatic nitrogens is 5. The molecule has 1 unspecified atom stereocenters. The number of nitrogens with zero attached hydrogens (tertiary/aromatic N) is 5. The molecule has 1 saturated carbocycles. The summed E-state index contributed by atoms with van der Waals surface area (Å²) in [4.78, 5) is 14.3. The van der Waals surface area contributed by atoms with Crippen molar-refractivity contribution in [1.29, 1.82) is 0 Å². The van der Waals surface area contributed by atoms with E-state index in [0.29, 0.717) is 11.9 Å². The highest BCUT2D eigenvalue weighted by molar-refractivity contribution is 7.15. The van der Waals surface area contributed by atoms with Gasteiger partial charge in [0.2, 0.25) is 5.95 Å². The Morgan fingerprint density at radius 1 is 1.03 bits per heavy atom. The van der Waals surface area contributed by atoms with Gasteiger partial charge in [0.25, 0.3) is 0 Å². The van der Waals surface area contributed by atoms with Crippen LogP contribution in [-0.2, 0) is 12.0 Å². The van der Waals surface area contributed by atoms with Crippen LogP contribution >= 0.6 is 11.3 Å². The van der Waals surface area contributed by atoms with Crippen LogP contribution in [0.25, 0.3) is 21.6 Å². The maximum absolute atomic E-state index is 5.62. The number of nitrogen functional groups attached to an aromatic ring is 1. The summed E-state index contributed by atoms with van der Waals surface area (Å²) in [6.45, 7) is 4.09. The Morgan fingerprint density at radius 2 is 1.78 bits per heavy atom. The van der Waals surface area contributed by atoms with Crippen LogP contribution in [0.4, 0.5) is 5.95 Å². The van der Waals surface area contributed by atoms with Gasteiger partial charge in [0.05, 0.1) is 17.6 Å². The molecule has 5 rings (SSSR count). The Hall–Kier alpha value is -3.10. The van der Waals surface area contributed by atoms with Crippen LogP contribution in [0.15, 0.2) is 55.2 Å². The molecule has 1 aliphatic carbocycles. The molecule has 32 heavy (non-hydrogen) atoms. The second kappa shape index (κ2) is 8.44. The lowest BCUT2D eigenvalue weighted by Gasteiger charge is -2.28. The molecule has 3 N–H and O–H groups in total. The SMILES string of the molecule is CNCCn1cc(-c2cnc(C(C)(c3ccc(-c4cnc(N)nc4)cc3)C3CC3)s2)cn1. The molecule has 0 saturated heterocycles. The first-order chi connectivity index (χ1) is 15.6. The second-order valence-electron chi connectivity index (χ2n) is 8.51. The van der Waals surface area contributed by atoms with Gasteiger partial charge >= 0.3 is 0 Å². The summed E-state index contributed by atoms with van der Waals surface area (Å²) in [6, 6.07) is 8.73. The van der Waals surface area contributed by atoms with E-state index < -0.39 is 0 Å². The number of thiazole rings is 1. The molecule has 3 heterocycles. The second-order valence-corrected chi connectivity index (χ2v) is 9.54. The summed E-state index contributed by atoms with van der Waals surface area (Å²) in [5, 5.41) is 8.82. The van der Waals surface area contributed by atoms with E-state index in [9.17, 15) is 0 Å². The van der Waals surface area contributed by atoms with Crippen molar-refractivity contribution in [3.8, 4) is 21.6 Å². The van der Waals surface area contributed by atoms with E-state index in [0.717, 1.165) is 29.8 Å². The van der Waals surface area contributed by atoms with Crippen molar-refractivity contribution in [2.45, 2.75) is 31.7 Å². The number of anilines is 1. The molecule has 3 aromatic heterocycles. The molecule has 8 heteroatoms. The summed E-state index contributed by atoms with van der Waals surface area (Å²) >= 11 is 1.78. The quantitative estimate of drug-likeness (QED) is 0.426. The predicted molar refractivity (Wildman–Crippen MR) is 128 cm³/mol. The van der Waals surface area contributed by atoms with Gasteiger partial charge in [0, 0.05) is 47.9 Å². The lowest BCUT2D eigenvalue weighted by molar-refractivity contribution is 0.492. The molecule has 1 atom stereocenters. The molecular formula is C24H27N7S. The molecule has 4 aromatic rings. The summed E-state index contributed by atoms with van der Waals surface area (Å²) < 4.78 is 1.98. The average Bonchev–Trinajstić information content (AvgIpc) is 3.37. The third-order valence-corrected chi connectivity index (χ3v) is 7.63. The largest absolute Gasteiger partial charge is 0.368 e. The fourth-order valence-electron chi connectivity index (χ4n) is 4.18. The van der Waals surface area contributed by atoms with E-state index in [4.69, 9.17) is 10.7 Å². The Bertz CT molecular complexity index is 1190. The topological polar surface area (TPSA) is 94.5 Å². The van der Waals surface area contributed by atoms with E-state index in [-0.39, 0.29) is 5.41 Å². The fraction of sp³-hybridized carbons (Fsp3) is 0.333. The molecule has 164 valence electrons. The number of benzene rings is 1. The first-order valence-corrected chi connectivity index (χ1v) is 11.7. The highest BCUT2D eigenvalue weighted by atomic mass is 32.1. The Balaban J connectivity index is 1.43. The highest BCUT2D eigenvalue weighted by Crippen LogP contribution is 2.52. The first-order valence-electron chi connectivity index (χ1n) is 10.9. The number of rotatable bonds is 8. The van der Waals surface area contributed by atoms with Crippen molar-refractivity contribution in [1.82, 2.24) is 30.0 Å². The van der Waals surface area contributed by atoms with Crippen LogP contribution < -0.4 is 11.1 Å². The van der Waals surface area contributed by atoms with Crippen LogP contribution in [0.1, 0.15) is 30.3 Å². The maximum atomic E-state index is 5.62. The molecule has 0 spiro atoms. The normalized spacial score (nSPS) is 15.6. The molecule has 0 aliphatic heterocycles. The van der Waals surface area contributed by atoms with Crippen LogP contribution in [0.5, 0.6) is 0 Å². The van der Waals surface area contributed by atoms with Gasteiger partial charge in [-0.1, -0.05) is 24.3 Å². The summed E-state index contributed by atoms with van der Waals surface area (Å²) in [7, 11) is 1.95. The van der Waals surface area contributed by atoms with E-state index in [1.165, 1.54) is 28.3 Å². The minimum absolute atomic E-state index is 0.0960. The van der Waals surface area contributed by atoms with Crippen molar-refractivity contribution < 1.29 is 0 Å². The Morgan fingerprint density at radius 3 is 2.47 bits per heavy atom. The lowest BCUT2D eigenvalue weighted by atomic mass is 9.78. The summed E-state index contributed by atoms with van der Waals surface area (Å²) in [5.41, 5.74) is 10.00. The maximum Gasteiger partial charge on any atom is 0.219 e. The van der Waals surface area contributed by atoms with Crippen LogP contribution in [-0.4, -0.2) is 38.3 Å². The van der Waals surface area contributed by atoms with Crippen molar-refractivity contribution >= 4 is 17.3 Å². The van der Waals surface area contributed by atoms with E-state index >= 15 is 0 Å². The zero-order chi connectivity index (χ0) is 22.1. The van der Waals surface area contributed by atoms with Crippen molar-refractivity contribution in [2.24, 2.45) is 5.92 Å². The Kier molecular flexibility index (Phi) is 5.48. The van der Waals surface area contributed by atoms with Crippen LogP contribution in [0.3, 0.4) is 0 Å². The van der Waals surface area contributed by atoms with Crippen molar-refractivity contribution in [2.75, 3.05) is 19.3 Å². The zero-order valence-corrected chi connectivity index (χ0v) is 19.1. The molecular weight excluding hydrogens is 418 g/mol. The van der Waals surface area contributed by atoms with Crippen LogP contribution in [0, 0.1) is 5.92 Å². The Labute approximate surface area is 191 Å². The fourth-order valence-corrected chi connectivity index (χ4v) is 5.32. The number of nitrogens with one attached hydrogen (secondary N) is 1. The lowest BCUT2D eigenvalue weighted by Crippen LogP contribution is -2.26. The minimum atomic E-state index is -0.0960. The van der Waals surface area contributed by atoms with Gasteiger partial charge in [-0.15, -0.1) is 11.3 Å². The summed E-state index contributed by atoms with van der Waals surface area (Å²) in [6.07, 6.45) is 12.0. The van der Waals surface area contributed by atoms with Crippen molar-refractivity contribution in [3.63, 3.8) is 0 Å². The van der Waals surface area contributed by atoms with E-state index in [1.54, 1.807) is 23.7 Å². The van der Waals surface area contributed by atoms with Gasteiger partial charge in [-0.25, -0.2) is 15.0 Å². The standard InChI is InChI=1S/C24H27N7S/c1-24(20-7-8-20,19-5-3-16(4-6-19)17-11-28-23(25)29-12-17)22-27-14-21(32-22)18-13-30-31(15-18)10-9-26-2/h3-6,11-15,20,26H,7-10H2,1-2H3,(H2,25,28,29). The highest BCUT2D eigenvalue weighted by Gasteiger charge is 2.46. The van der Waals surface area contributed by atoms with E-state index in [1.807, 2.05) is 24.1 Å². The number of hydrogen-bond donors (Lipinski definition) is 2. The molecule has 7 nitrogen and oxygen atoms in total. The zero-order valence-electron chi connectivity index (χ0n) is 18.3. The molecule has 0 bridgehead atoms. The van der Waals surface area contributed by atoms with Gasteiger partial charge < -0.3 is 11.1 Å². The third-order valence-electron chi connectivity index (χ3n) is 6.34. The van der Waals surface area contributed by atoms with Gasteiger partial charge in [-0.3, -0.25) is 4.68 Å². The molecule has 1 fully saturated rings. The molecule has 1 aromatic carbocycles. The number of hydrogen-bond acceptors (Lipinski definition) is 7.